The zero-order chi connectivity index (χ0) is 27.1. The topological polar surface area (TPSA) is 92.1 Å². The van der Waals surface area contributed by atoms with Crippen LogP contribution in [0.4, 0.5) is 11.8 Å². The van der Waals surface area contributed by atoms with Gasteiger partial charge in [-0.1, -0.05) is 17.4 Å². The van der Waals surface area contributed by atoms with Gasteiger partial charge in [0.2, 0.25) is 5.95 Å². The summed E-state index contributed by atoms with van der Waals surface area (Å²) in [6.45, 7) is 3.68. The Kier molecular flexibility index (Phi) is 6.90. The number of carbonyl (C=O) groups is 1. The van der Waals surface area contributed by atoms with Gasteiger partial charge in [-0.2, -0.15) is 5.10 Å². The lowest BCUT2D eigenvalue weighted by atomic mass is 9.48. The maximum absolute atomic E-state index is 13.1. The average molecular weight is 499 g/mol. The zero-order valence-electron chi connectivity index (χ0n) is 23.1. The second-order valence-electron chi connectivity index (χ2n) is 11.8. The highest BCUT2D eigenvalue weighted by atomic mass is 16.1. The number of amides is 1. The van der Waals surface area contributed by atoms with Crippen molar-refractivity contribution >= 4 is 75.7 Å². The first kappa shape index (κ1) is 26.2. The number of hydrogen-bond acceptors (Lipinski definition) is 7. The highest BCUT2D eigenvalue weighted by molar-refractivity contribution is 6.59. The van der Waals surface area contributed by atoms with Crippen LogP contribution in [0.25, 0.3) is 22.0 Å². The molecule has 15 heteroatoms. The third kappa shape index (κ3) is 5.67. The molecule has 1 fully saturated rings. The lowest BCUT2D eigenvalue weighted by Crippen LogP contribution is -2.58. The van der Waals surface area contributed by atoms with Crippen molar-refractivity contribution in [2.24, 2.45) is 0 Å². The Morgan fingerprint density at radius 3 is 2.32 bits per heavy atom. The average Bonchev–Trinajstić information content (AvgIpc) is 3.39. The molecule has 186 valence electrons. The Balaban J connectivity index is 1.31. The van der Waals surface area contributed by atoms with Gasteiger partial charge in [0.1, 0.15) is 52.9 Å². The van der Waals surface area contributed by atoms with E-state index in [9.17, 15) is 4.79 Å². The van der Waals surface area contributed by atoms with E-state index in [2.05, 4.69) is 82.2 Å². The van der Waals surface area contributed by atoms with Crippen LogP contribution in [0.1, 0.15) is 10.4 Å². The monoisotopic (exact) mass is 500 g/mol. The van der Waals surface area contributed by atoms with Crippen LogP contribution in [0.3, 0.4) is 0 Å². The summed E-state index contributed by atoms with van der Waals surface area (Å²) < 4.78 is 1.95. The number of fused-ring (bicyclic) bond motifs is 1. The maximum Gasteiger partial charge on any atom is 0.258 e. The number of nitrogens with zero attached hydrogens (tertiary/aromatic N) is 7. The van der Waals surface area contributed by atoms with Crippen LogP contribution in [0, 0.1) is 0 Å². The van der Waals surface area contributed by atoms with Crippen molar-refractivity contribution in [1.82, 2.24) is 29.6 Å². The summed E-state index contributed by atoms with van der Waals surface area (Å²) in [6, 6.07) is 9.58. The molecule has 1 aliphatic rings. The van der Waals surface area contributed by atoms with E-state index >= 15 is 0 Å². The van der Waals surface area contributed by atoms with Gasteiger partial charge >= 0.3 is 0 Å². The molecular weight excluding hydrogens is 469 g/mol. The molecule has 0 unspecified atom stereocenters. The largest absolute Gasteiger partial charge is 0.354 e. The normalized spacial score (nSPS) is 15.0. The standard InChI is InChI=1S/C23H30B6N8O/c24-22(25,26)36-7-5-35(6-8-36)19-10-15(3-4-30-19)20(38)34-21-31-11-16-2-1-14(9-18(16)33-21)17-12-32-37(13-17)23(27,28)29/h1-4,9-13H,5-8,24-29H2,(H,31,33,34,38). The van der Waals surface area contributed by atoms with Gasteiger partial charge in [-0.05, 0) is 29.0 Å². The number of hydrogen-bond donors (Lipinski definition) is 1. The van der Waals surface area contributed by atoms with Crippen LogP contribution in [0.5, 0.6) is 0 Å². The summed E-state index contributed by atoms with van der Waals surface area (Å²) in [7, 11) is 13.1. The summed E-state index contributed by atoms with van der Waals surface area (Å²) in [6.07, 6.45) is 7.31. The number of benzene rings is 1. The third-order valence-corrected chi connectivity index (χ3v) is 6.97. The van der Waals surface area contributed by atoms with Crippen LogP contribution < -0.4 is 10.2 Å². The van der Waals surface area contributed by atoms with Crippen LogP contribution in [0.2, 0.25) is 0 Å². The van der Waals surface area contributed by atoms with Gasteiger partial charge in [0, 0.05) is 61.3 Å². The van der Waals surface area contributed by atoms with Gasteiger partial charge in [0.25, 0.3) is 5.91 Å². The second-order valence-corrected chi connectivity index (χ2v) is 11.8. The fourth-order valence-corrected chi connectivity index (χ4v) is 4.61. The van der Waals surface area contributed by atoms with Crippen molar-refractivity contribution in [3.05, 3.63) is 60.7 Å². The number of pyridine rings is 1. The number of piperazine rings is 1. The molecular formula is C23H30B6N8O. The maximum atomic E-state index is 13.1. The number of rotatable bonds is 6. The number of carbonyl (C=O) groups excluding carboxylic acids is 1. The summed E-state index contributed by atoms with van der Waals surface area (Å²) in [5, 5.41) is 8.32. The molecule has 1 aromatic carbocycles. The highest BCUT2D eigenvalue weighted by Gasteiger charge is 2.26. The van der Waals surface area contributed by atoms with Gasteiger partial charge in [-0.15, -0.1) is 0 Å². The summed E-state index contributed by atoms with van der Waals surface area (Å²) in [5.74, 6) is 0.817. The predicted octanol–water partition coefficient (Wildman–Crippen LogP) is -3.76. The Hall–Kier alpha value is -3.46. The molecule has 0 aliphatic carbocycles. The molecule has 4 heterocycles. The third-order valence-electron chi connectivity index (χ3n) is 6.97. The molecule has 1 saturated heterocycles. The van der Waals surface area contributed by atoms with E-state index in [1.54, 1.807) is 18.5 Å². The minimum Gasteiger partial charge on any atom is -0.354 e. The van der Waals surface area contributed by atoms with Crippen LogP contribution in [0.15, 0.2) is 55.1 Å². The first-order chi connectivity index (χ1) is 18.0. The van der Waals surface area contributed by atoms with Crippen molar-refractivity contribution in [2.45, 2.75) is 10.5 Å². The molecule has 0 saturated carbocycles. The number of aromatic nitrogens is 5. The van der Waals surface area contributed by atoms with Crippen LogP contribution >= 0.6 is 0 Å². The Labute approximate surface area is 228 Å². The van der Waals surface area contributed by atoms with Gasteiger partial charge in [0.15, 0.2) is 0 Å². The van der Waals surface area contributed by atoms with E-state index in [-0.39, 0.29) is 22.3 Å². The fraction of sp³-hybridized carbons (Fsp3) is 0.261. The SMILES string of the molecule is BC(B)(B)N1CCN(c2cc(C(=O)Nc3ncc4ccc(-c5cnn(C(B)(B)B)c5)cc4n3)ccn2)CC1. The van der Waals surface area contributed by atoms with E-state index < -0.39 is 0 Å². The van der Waals surface area contributed by atoms with Crippen molar-refractivity contribution in [3.63, 3.8) is 0 Å². The molecule has 1 aliphatic heterocycles. The summed E-state index contributed by atoms with van der Waals surface area (Å²) >= 11 is 0. The van der Waals surface area contributed by atoms with Crippen molar-refractivity contribution in [2.75, 3.05) is 36.4 Å². The molecule has 0 bridgehead atoms. The van der Waals surface area contributed by atoms with Crippen LogP contribution in [-0.2, 0) is 5.24 Å². The molecule has 38 heavy (non-hydrogen) atoms. The molecule has 1 amide bonds. The van der Waals surface area contributed by atoms with E-state index in [1.165, 1.54) is 0 Å². The molecule has 9 nitrogen and oxygen atoms in total. The van der Waals surface area contributed by atoms with E-state index in [4.69, 9.17) is 0 Å². The van der Waals surface area contributed by atoms with Gasteiger partial charge < -0.3 is 9.80 Å². The van der Waals surface area contributed by atoms with Crippen molar-refractivity contribution in [1.29, 1.82) is 0 Å². The van der Waals surface area contributed by atoms with E-state index in [0.29, 0.717) is 5.56 Å². The molecule has 3 aromatic heterocycles. The smallest absolute Gasteiger partial charge is 0.258 e. The first-order valence-electron chi connectivity index (χ1n) is 13.1. The minimum absolute atomic E-state index is 0.0949. The Morgan fingerprint density at radius 2 is 1.63 bits per heavy atom. The zero-order valence-corrected chi connectivity index (χ0v) is 23.1. The molecule has 1 N–H and O–H groups in total. The highest BCUT2D eigenvalue weighted by Crippen LogP contribution is 2.24. The molecule has 0 spiro atoms. The van der Waals surface area contributed by atoms with E-state index in [1.807, 2.05) is 41.3 Å². The fourth-order valence-electron chi connectivity index (χ4n) is 4.61. The number of nitrogens with one attached hydrogen (secondary N) is 1. The first-order valence-corrected chi connectivity index (χ1v) is 13.1. The molecule has 5 rings (SSSR count). The summed E-state index contributed by atoms with van der Waals surface area (Å²) in [5.41, 5.74) is 3.30. The molecule has 4 aromatic rings. The quantitative estimate of drug-likeness (QED) is 0.273. The Morgan fingerprint density at radius 1 is 0.868 bits per heavy atom. The van der Waals surface area contributed by atoms with Crippen molar-refractivity contribution in [3.8, 4) is 11.1 Å². The second kappa shape index (κ2) is 10.0. The van der Waals surface area contributed by atoms with Gasteiger partial charge in [-0.25, -0.2) is 15.0 Å². The Bertz CT molecular complexity index is 1480. The summed E-state index contributed by atoms with van der Waals surface area (Å²) in [4.78, 5) is 31.3. The predicted molar refractivity (Wildman–Crippen MR) is 169 cm³/mol. The van der Waals surface area contributed by atoms with E-state index in [0.717, 1.165) is 54.0 Å². The molecule has 0 atom stereocenters. The van der Waals surface area contributed by atoms with Crippen LogP contribution in [-0.4, -0.2) is 114 Å². The molecule has 0 radical (unpaired) electrons. The van der Waals surface area contributed by atoms with Gasteiger partial charge in [-0.3, -0.25) is 14.8 Å². The number of anilines is 2. The van der Waals surface area contributed by atoms with Crippen molar-refractivity contribution < 1.29 is 4.79 Å². The minimum atomic E-state index is -0.260. The van der Waals surface area contributed by atoms with Gasteiger partial charge in [0.05, 0.1) is 11.7 Å². The lowest BCUT2D eigenvalue weighted by molar-refractivity contribution is 0.102. The lowest BCUT2D eigenvalue weighted by Gasteiger charge is -2.43.